The molecule has 150 valence electrons. The van der Waals surface area contributed by atoms with Crippen molar-refractivity contribution in [3.8, 4) is 0 Å². The molecule has 0 saturated heterocycles. The van der Waals surface area contributed by atoms with Crippen LogP contribution >= 0.6 is 0 Å². The Balaban J connectivity index is 2.93. The highest BCUT2D eigenvalue weighted by molar-refractivity contribution is 6.65. The average molecular weight is 402 g/mol. The van der Waals surface area contributed by atoms with Crippen molar-refractivity contribution in [1.29, 1.82) is 0 Å². The lowest BCUT2D eigenvalue weighted by Crippen LogP contribution is -2.49. The van der Waals surface area contributed by atoms with Gasteiger partial charge in [-0.25, -0.2) is 8.78 Å². The molecular formula is C18H24F2O6Si. The normalized spacial score (nSPS) is 11.0. The second-order valence-electron chi connectivity index (χ2n) is 6.08. The smallest absolute Gasteiger partial charge is 0.455 e. The number of benzene rings is 1. The highest BCUT2D eigenvalue weighted by Crippen LogP contribution is 2.22. The molecular weight excluding hydrogens is 378 g/mol. The lowest BCUT2D eigenvalue weighted by Gasteiger charge is -2.26. The fraction of sp³-hybridized carbons (Fsp3) is 0.500. The van der Waals surface area contributed by atoms with Gasteiger partial charge in [0.05, 0.1) is 12.5 Å². The van der Waals surface area contributed by atoms with E-state index in [0.29, 0.717) is 6.42 Å². The van der Waals surface area contributed by atoms with E-state index < -0.39 is 38.3 Å². The van der Waals surface area contributed by atoms with Gasteiger partial charge in [-0.2, -0.15) is 0 Å². The number of carbonyl (C=O) groups excluding carboxylic acids is 3. The molecule has 0 fully saturated rings. The predicted octanol–water partition coefficient (Wildman–Crippen LogP) is 3.70. The molecule has 0 aliphatic carbocycles. The highest BCUT2D eigenvalue weighted by Gasteiger charge is 2.51. The van der Waals surface area contributed by atoms with Gasteiger partial charge in [0.2, 0.25) is 0 Å². The van der Waals surface area contributed by atoms with E-state index in [1.54, 1.807) is 0 Å². The molecule has 0 atom stereocenters. The summed E-state index contributed by atoms with van der Waals surface area (Å²) in [5.74, 6) is -4.46. The van der Waals surface area contributed by atoms with Crippen LogP contribution in [0.15, 0.2) is 18.2 Å². The number of carbonyl (C=O) groups is 3. The maximum Gasteiger partial charge on any atom is 0.705 e. The number of hydrogen-bond acceptors (Lipinski definition) is 6. The molecule has 0 heterocycles. The summed E-state index contributed by atoms with van der Waals surface area (Å²) in [6.07, 6.45) is 2.83. The van der Waals surface area contributed by atoms with E-state index in [-0.39, 0.29) is 18.0 Å². The Kier molecular flexibility index (Phi) is 9.06. The molecule has 0 unspecified atom stereocenters. The molecule has 0 saturated carbocycles. The molecule has 9 heteroatoms. The minimum Gasteiger partial charge on any atom is -0.455 e. The minimum absolute atomic E-state index is 0.107. The van der Waals surface area contributed by atoms with Crippen LogP contribution in [0, 0.1) is 11.6 Å². The van der Waals surface area contributed by atoms with E-state index in [2.05, 4.69) is 0 Å². The Bertz CT molecular complexity index is 664. The first-order chi connectivity index (χ1) is 12.7. The van der Waals surface area contributed by atoms with Crippen molar-refractivity contribution in [1.82, 2.24) is 0 Å². The molecule has 0 aliphatic heterocycles. The molecule has 0 aliphatic rings. The molecule has 0 amide bonds. The zero-order valence-electron chi connectivity index (χ0n) is 15.7. The monoisotopic (exact) mass is 402 g/mol. The summed E-state index contributed by atoms with van der Waals surface area (Å²) >= 11 is 0. The predicted molar refractivity (Wildman–Crippen MR) is 94.4 cm³/mol. The second kappa shape index (κ2) is 10.8. The van der Waals surface area contributed by atoms with Crippen LogP contribution in [0.1, 0.15) is 52.0 Å². The zero-order valence-corrected chi connectivity index (χ0v) is 16.7. The summed E-state index contributed by atoms with van der Waals surface area (Å²) < 4.78 is 41.9. The topological polar surface area (TPSA) is 78.9 Å². The lowest BCUT2D eigenvalue weighted by atomic mass is 10.1. The van der Waals surface area contributed by atoms with Gasteiger partial charge in [-0.15, -0.1) is 0 Å². The maximum absolute atomic E-state index is 13.3. The number of hydrogen-bond donors (Lipinski definition) is 0. The van der Waals surface area contributed by atoms with Crippen molar-refractivity contribution in [3.63, 3.8) is 0 Å². The molecule has 6 nitrogen and oxygen atoms in total. The summed E-state index contributed by atoms with van der Waals surface area (Å²) in [5.41, 5.74) is 0.179. The summed E-state index contributed by atoms with van der Waals surface area (Å²) in [5, 5.41) is 0. The van der Waals surface area contributed by atoms with Crippen molar-refractivity contribution in [2.24, 2.45) is 0 Å². The van der Waals surface area contributed by atoms with E-state index in [1.807, 2.05) is 6.92 Å². The van der Waals surface area contributed by atoms with Gasteiger partial charge < -0.3 is 13.3 Å². The summed E-state index contributed by atoms with van der Waals surface area (Å²) in [4.78, 5) is 35.3. The molecule has 1 aromatic carbocycles. The van der Waals surface area contributed by atoms with Gasteiger partial charge in [0.1, 0.15) is 0 Å². The largest absolute Gasteiger partial charge is 0.705 e. The van der Waals surface area contributed by atoms with Gasteiger partial charge in [0, 0.05) is 13.8 Å². The Morgan fingerprint density at radius 2 is 1.56 bits per heavy atom. The zero-order chi connectivity index (χ0) is 20.4. The van der Waals surface area contributed by atoms with Crippen LogP contribution in [0.2, 0.25) is 6.04 Å². The first-order valence-electron chi connectivity index (χ1n) is 8.72. The van der Waals surface area contributed by atoms with Crippen LogP contribution in [0.3, 0.4) is 0 Å². The van der Waals surface area contributed by atoms with Gasteiger partial charge >= 0.3 is 14.8 Å². The molecule has 0 bridgehead atoms. The molecule has 0 spiro atoms. The first kappa shape index (κ1) is 22.7. The van der Waals surface area contributed by atoms with Gasteiger partial charge in [-0.3, -0.25) is 14.4 Å². The number of halogens is 2. The maximum atomic E-state index is 13.3. The van der Waals surface area contributed by atoms with Crippen LogP contribution < -0.4 is 0 Å². The van der Waals surface area contributed by atoms with Crippen molar-refractivity contribution in [2.45, 2.75) is 58.9 Å². The SMILES string of the molecule is CCCCCC[Si](OC(C)=O)(OC(C)=O)OC(=O)Cc1ccc(F)c(F)c1. The van der Waals surface area contributed by atoms with Crippen molar-refractivity contribution in [2.75, 3.05) is 0 Å². The second-order valence-corrected chi connectivity index (χ2v) is 8.56. The first-order valence-corrected chi connectivity index (χ1v) is 10.7. The molecule has 1 aromatic rings. The van der Waals surface area contributed by atoms with E-state index in [4.69, 9.17) is 13.3 Å². The minimum atomic E-state index is -3.93. The molecule has 0 aromatic heterocycles. The van der Waals surface area contributed by atoms with Crippen molar-refractivity contribution in [3.05, 3.63) is 35.4 Å². The molecule has 1 rings (SSSR count). The summed E-state index contributed by atoms with van der Waals surface area (Å²) in [7, 11) is -3.93. The van der Waals surface area contributed by atoms with Gasteiger partial charge in [0.15, 0.2) is 11.6 Å². The third-order valence-electron chi connectivity index (χ3n) is 3.54. The van der Waals surface area contributed by atoms with Gasteiger partial charge in [0.25, 0.3) is 11.9 Å². The molecule has 27 heavy (non-hydrogen) atoms. The molecule has 0 radical (unpaired) electrons. The Hall–Kier alpha value is -2.29. The van der Waals surface area contributed by atoms with E-state index in [1.165, 1.54) is 6.07 Å². The van der Waals surface area contributed by atoms with Gasteiger partial charge in [-0.1, -0.05) is 32.3 Å². The molecule has 0 N–H and O–H groups in total. The third-order valence-corrected chi connectivity index (χ3v) is 6.24. The fourth-order valence-corrected chi connectivity index (χ4v) is 4.86. The summed E-state index contributed by atoms with van der Waals surface area (Å²) in [6.45, 7) is 4.27. The summed E-state index contributed by atoms with van der Waals surface area (Å²) in [6, 6.07) is 3.11. The standard InChI is InChI=1S/C18H24F2O6Si/c1-4-5-6-7-10-27(24-13(2)21,25-14(3)22)26-18(23)12-15-8-9-16(19)17(20)11-15/h8-9,11H,4-7,10,12H2,1-3H3. The Labute approximate surface area is 158 Å². The highest BCUT2D eigenvalue weighted by atomic mass is 28.4. The lowest BCUT2D eigenvalue weighted by molar-refractivity contribution is -0.148. The van der Waals surface area contributed by atoms with Crippen molar-refractivity contribution >= 4 is 26.7 Å². The van der Waals surface area contributed by atoms with E-state index in [0.717, 1.165) is 45.2 Å². The van der Waals surface area contributed by atoms with Crippen LogP contribution in [0.4, 0.5) is 8.78 Å². The van der Waals surface area contributed by atoms with Crippen LogP contribution in [0.25, 0.3) is 0 Å². The fourth-order valence-electron chi connectivity index (χ4n) is 2.45. The van der Waals surface area contributed by atoms with Crippen LogP contribution in [-0.2, 0) is 34.1 Å². The van der Waals surface area contributed by atoms with E-state index in [9.17, 15) is 23.2 Å². The van der Waals surface area contributed by atoms with E-state index >= 15 is 0 Å². The number of rotatable bonds is 10. The Morgan fingerprint density at radius 3 is 2.07 bits per heavy atom. The third kappa shape index (κ3) is 8.29. The average Bonchev–Trinajstić information content (AvgIpc) is 2.53. The Morgan fingerprint density at radius 1 is 0.926 bits per heavy atom. The number of unbranched alkanes of at least 4 members (excludes halogenated alkanes) is 3. The quantitative estimate of drug-likeness (QED) is 0.439. The van der Waals surface area contributed by atoms with Gasteiger partial charge in [-0.05, 0) is 24.1 Å². The van der Waals surface area contributed by atoms with Crippen LogP contribution in [-0.4, -0.2) is 26.7 Å². The van der Waals surface area contributed by atoms with Crippen LogP contribution in [0.5, 0.6) is 0 Å². The van der Waals surface area contributed by atoms with Crippen molar-refractivity contribution < 1.29 is 36.4 Å².